The summed E-state index contributed by atoms with van der Waals surface area (Å²) in [7, 11) is -3.82. The molecule has 31 heavy (non-hydrogen) atoms. The molecule has 1 saturated heterocycles. The molecule has 0 amide bonds. The summed E-state index contributed by atoms with van der Waals surface area (Å²) in [6.07, 6.45) is 3.29. The first-order valence-corrected chi connectivity index (χ1v) is 11.3. The predicted octanol–water partition coefficient (Wildman–Crippen LogP) is 1.98. The van der Waals surface area contributed by atoms with E-state index in [0.717, 1.165) is 0 Å². The molecule has 0 radical (unpaired) electrons. The minimum absolute atomic E-state index is 0.00958. The van der Waals surface area contributed by atoms with Gasteiger partial charge in [0.2, 0.25) is 10.0 Å². The van der Waals surface area contributed by atoms with E-state index in [9.17, 15) is 18.5 Å². The fraction of sp³-hybridized carbons (Fsp3) is 0.350. The van der Waals surface area contributed by atoms with Crippen molar-refractivity contribution in [3.63, 3.8) is 0 Å². The zero-order chi connectivity index (χ0) is 22.6. The Labute approximate surface area is 185 Å². The van der Waals surface area contributed by atoms with Gasteiger partial charge in [0.15, 0.2) is 0 Å². The Balaban J connectivity index is 1.90. The standard InChI is InChI=1S/C20H20ClN5O4S/c21-17-8-15(19-13-25(14-20(27)28)12-16(19)11-23)9-18(10-17)31(29,30)26-6-4-24(5-7-26)3-1-2-22/h8-10,12-13H,1,3-7,14H2,(H,27,28). The van der Waals surface area contributed by atoms with Gasteiger partial charge in [0.25, 0.3) is 0 Å². The van der Waals surface area contributed by atoms with Crippen molar-refractivity contribution in [3.8, 4) is 23.3 Å². The van der Waals surface area contributed by atoms with Crippen LogP contribution in [-0.2, 0) is 21.4 Å². The number of sulfonamides is 1. The topological polar surface area (TPSA) is 130 Å². The van der Waals surface area contributed by atoms with E-state index >= 15 is 0 Å². The van der Waals surface area contributed by atoms with Gasteiger partial charge in [0, 0.05) is 62.1 Å². The maximum Gasteiger partial charge on any atom is 0.323 e. The van der Waals surface area contributed by atoms with E-state index in [0.29, 0.717) is 50.3 Å². The van der Waals surface area contributed by atoms with Crippen LogP contribution < -0.4 is 0 Å². The van der Waals surface area contributed by atoms with E-state index < -0.39 is 16.0 Å². The number of carboxylic acids is 1. The molecule has 9 nitrogen and oxygen atoms in total. The number of aliphatic carboxylic acids is 1. The molecule has 1 aliphatic heterocycles. The number of rotatable bonds is 7. The van der Waals surface area contributed by atoms with Crippen molar-refractivity contribution in [2.24, 2.45) is 0 Å². The highest BCUT2D eigenvalue weighted by Crippen LogP contribution is 2.31. The van der Waals surface area contributed by atoms with Gasteiger partial charge in [-0.1, -0.05) is 11.6 Å². The first-order chi connectivity index (χ1) is 14.7. The highest BCUT2D eigenvalue weighted by Gasteiger charge is 2.29. The third-order valence-corrected chi connectivity index (χ3v) is 7.10. The summed E-state index contributed by atoms with van der Waals surface area (Å²) in [4.78, 5) is 13.0. The molecule has 0 unspecified atom stereocenters. The van der Waals surface area contributed by atoms with Crippen LogP contribution in [0.4, 0.5) is 0 Å². The van der Waals surface area contributed by atoms with Crippen LogP contribution in [0, 0.1) is 22.7 Å². The predicted molar refractivity (Wildman–Crippen MR) is 113 cm³/mol. The molecular weight excluding hydrogens is 442 g/mol. The summed E-state index contributed by atoms with van der Waals surface area (Å²) in [5.41, 5.74) is 1.04. The lowest BCUT2D eigenvalue weighted by Gasteiger charge is -2.33. The molecule has 0 atom stereocenters. The van der Waals surface area contributed by atoms with Crippen molar-refractivity contribution >= 4 is 27.6 Å². The summed E-state index contributed by atoms with van der Waals surface area (Å²) in [6, 6.07) is 8.45. The fourth-order valence-electron chi connectivity index (χ4n) is 3.49. The molecule has 2 heterocycles. The Hall–Kier alpha value is -2.89. The van der Waals surface area contributed by atoms with Crippen LogP contribution >= 0.6 is 11.6 Å². The second-order valence-corrected chi connectivity index (χ2v) is 9.47. The number of carbonyl (C=O) groups is 1. The third kappa shape index (κ3) is 5.24. The maximum absolute atomic E-state index is 13.2. The summed E-state index contributed by atoms with van der Waals surface area (Å²) < 4.78 is 29.1. The number of hydrogen-bond donors (Lipinski definition) is 1. The molecule has 162 valence electrons. The van der Waals surface area contributed by atoms with E-state index in [1.54, 1.807) is 6.07 Å². The van der Waals surface area contributed by atoms with Crippen molar-refractivity contribution in [3.05, 3.63) is 41.2 Å². The minimum Gasteiger partial charge on any atom is -0.480 e. The van der Waals surface area contributed by atoms with Crippen molar-refractivity contribution in [2.45, 2.75) is 17.9 Å². The molecule has 1 aromatic heterocycles. The molecular formula is C20H20ClN5O4S. The van der Waals surface area contributed by atoms with Gasteiger partial charge in [-0.05, 0) is 23.8 Å². The maximum atomic E-state index is 13.2. The molecule has 0 spiro atoms. The van der Waals surface area contributed by atoms with Crippen molar-refractivity contribution in [1.29, 1.82) is 10.5 Å². The zero-order valence-corrected chi connectivity index (χ0v) is 18.1. The second-order valence-electron chi connectivity index (χ2n) is 7.09. The van der Waals surface area contributed by atoms with Gasteiger partial charge in [-0.15, -0.1) is 0 Å². The molecule has 1 aromatic carbocycles. The summed E-state index contributed by atoms with van der Waals surface area (Å²) in [6.45, 7) is 1.95. The number of carboxylic acid groups (broad SMARTS) is 1. The molecule has 1 aliphatic rings. The number of nitriles is 2. The zero-order valence-electron chi connectivity index (χ0n) is 16.5. The molecule has 0 aliphatic carbocycles. The Morgan fingerprint density at radius 2 is 1.84 bits per heavy atom. The Morgan fingerprint density at radius 3 is 2.45 bits per heavy atom. The van der Waals surface area contributed by atoms with Gasteiger partial charge in [-0.2, -0.15) is 14.8 Å². The van der Waals surface area contributed by atoms with Gasteiger partial charge in [-0.3, -0.25) is 9.69 Å². The molecule has 0 bridgehead atoms. The quantitative estimate of drug-likeness (QED) is 0.666. The van der Waals surface area contributed by atoms with Gasteiger partial charge < -0.3 is 9.67 Å². The highest BCUT2D eigenvalue weighted by atomic mass is 35.5. The fourth-order valence-corrected chi connectivity index (χ4v) is 5.29. The van der Waals surface area contributed by atoms with Gasteiger partial charge in [0.1, 0.15) is 12.6 Å². The largest absolute Gasteiger partial charge is 0.480 e. The molecule has 1 N–H and O–H groups in total. The van der Waals surface area contributed by atoms with Crippen LogP contribution in [0.5, 0.6) is 0 Å². The smallest absolute Gasteiger partial charge is 0.323 e. The number of halogens is 1. The van der Waals surface area contributed by atoms with Crippen LogP contribution in [-0.4, -0.2) is 66.0 Å². The average molecular weight is 462 g/mol. The van der Waals surface area contributed by atoms with Gasteiger partial charge in [0.05, 0.1) is 16.5 Å². The highest BCUT2D eigenvalue weighted by molar-refractivity contribution is 7.89. The van der Waals surface area contributed by atoms with Crippen molar-refractivity contribution < 1.29 is 18.3 Å². The molecule has 1 fully saturated rings. The Morgan fingerprint density at radius 1 is 1.13 bits per heavy atom. The average Bonchev–Trinajstić information content (AvgIpc) is 3.14. The van der Waals surface area contributed by atoms with Crippen LogP contribution in [0.15, 0.2) is 35.5 Å². The number of piperazine rings is 1. The van der Waals surface area contributed by atoms with E-state index in [-0.39, 0.29) is 22.0 Å². The molecule has 3 rings (SSSR count). The monoisotopic (exact) mass is 461 g/mol. The van der Waals surface area contributed by atoms with Crippen molar-refractivity contribution in [2.75, 3.05) is 32.7 Å². The van der Waals surface area contributed by atoms with Gasteiger partial charge >= 0.3 is 5.97 Å². The molecule has 11 heteroatoms. The van der Waals surface area contributed by atoms with Gasteiger partial charge in [-0.25, -0.2) is 8.42 Å². The third-order valence-electron chi connectivity index (χ3n) is 5.01. The lowest BCUT2D eigenvalue weighted by atomic mass is 10.1. The number of benzene rings is 1. The number of nitrogens with zero attached hydrogens (tertiary/aromatic N) is 5. The normalized spacial score (nSPS) is 15.3. The van der Waals surface area contributed by atoms with E-state index in [1.807, 2.05) is 11.0 Å². The van der Waals surface area contributed by atoms with Crippen LogP contribution in [0.25, 0.3) is 11.1 Å². The van der Waals surface area contributed by atoms with E-state index in [1.165, 1.54) is 33.4 Å². The van der Waals surface area contributed by atoms with E-state index in [2.05, 4.69) is 6.07 Å². The summed E-state index contributed by atoms with van der Waals surface area (Å²) >= 11 is 6.21. The van der Waals surface area contributed by atoms with Crippen LogP contribution in [0.3, 0.4) is 0 Å². The first kappa shape index (κ1) is 22.8. The second kappa shape index (κ2) is 9.50. The van der Waals surface area contributed by atoms with Crippen LogP contribution in [0.1, 0.15) is 12.0 Å². The lowest BCUT2D eigenvalue weighted by molar-refractivity contribution is -0.137. The Kier molecular flexibility index (Phi) is 6.98. The van der Waals surface area contributed by atoms with Crippen molar-refractivity contribution in [1.82, 2.24) is 13.8 Å². The van der Waals surface area contributed by atoms with Crippen LogP contribution in [0.2, 0.25) is 5.02 Å². The van der Waals surface area contributed by atoms with E-state index in [4.69, 9.17) is 22.0 Å². The number of hydrogen-bond acceptors (Lipinski definition) is 6. The summed E-state index contributed by atoms with van der Waals surface area (Å²) in [5, 5.41) is 27.3. The SMILES string of the molecule is N#CCCN1CCN(S(=O)(=O)c2cc(Cl)cc(-c3cn(CC(=O)O)cc3C#N)c2)CC1. The molecule has 0 saturated carbocycles. The Bertz CT molecular complexity index is 1170. The molecule has 2 aromatic rings. The lowest BCUT2D eigenvalue weighted by Crippen LogP contribution is -2.48. The summed E-state index contributed by atoms with van der Waals surface area (Å²) in [5.74, 6) is -1.06. The first-order valence-electron chi connectivity index (χ1n) is 9.46. The number of aromatic nitrogens is 1. The minimum atomic E-state index is -3.82.